The summed E-state index contributed by atoms with van der Waals surface area (Å²) < 4.78 is 35.1. The molecule has 2 saturated carbocycles. The van der Waals surface area contributed by atoms with Gasteiger partial charge in [-0.1, -0.05) is 13.8 Å². The van der Waals surface area contributed by atoms with Gasteiger partial charge in [-0.2, -0.15) is 0 Å². The van der Waals surface area contributed by atoms with Gasteiger partial charge >= 0.3 is 0 Å². The molecule has 5 rings (SSSR count). The lowest BCUT2D eigenvalue weighted by molar-refractivity contribution is 0.148. The summed E-state index contributed by atoms with van der Waals surface area (Å²) in [6, 6.07) is 6.12. The van der Waals surface area contributed by atoms with Crippen molar-refractivity contribution in [3.05, 3.63) is 42.2 Å². The fraction of sp³-hybridized carbons (Fsp3) is 0.462. The van der Waals surface area contributed by atoms with Crippen molar-refractivity contribution in [2.45, 2.75) is 52.0 Å². The molecule has 3 atom stereocenters. The molecule has 7 nitrogen and oxygen atoms in total. The van der Waals surface area contributed by atoms with Crippen LogP contribution in [0.4, 0.5) is 14.6 Å². The quantitative estimate of drug-likeness (QED) is 0.523. The number of hydrogen-bond donors (Lipinski definition) is 1. The van der Waals surface area contributed by atoms with Gasteiger partial charge in [-0.3, -0.25) is 0 Å². The minimum Gasteiger partial charge on any atom is -0.507 e. The standard InChI is InChI=1S/C26H29F2N5O2/c1-25-7-8-26(2,13-25)12-15(11-25)33(3)20-6-5-17(31-32-20)22-19(34)9-16(23(27)24(22)28)18-10-21(35-4)30-14-29-18/h5-6,9-10,14-15,34H,7-8,11-13H2,1-4H3/t15-,25-,26+. The number of methoxy groups -OCH3 is 1. The van der Waals surface area contributed by atoms with Gasteiger partial charge in [-0.15, -0.1) is 10.2 Å². The Balaban J connectivity index is 1.43. The van der Waals surface area contributed by atoms with Gasteiger partial charge in [0.05, 0.1) is 24.1 Å². The first-order valence-corrected chi connectivity index (χ1v) is 11.8. The number of hydrogen-bond acceptors (Lipinski definition) is 7. The molecule has 2 heterocycles. The van der Waals surface area contributed by atoms with Crippen molar-refractivity contribution in [3.8, 4) is 34.1 Å². The van der Waals surface area contributed by atoms with Crippen molar-refractivity contribution >= 4 is 5.82 Å². The SMILES string of the molecule is COc1cc(-c2cc(O)c(-c3ccc(N(C)[C@H]4C[C@]5(C)CC[C@](C)(C4)C5)nn3)c(F)c2F)ncn1. The van der Waals surface area contributed by atoms with E-state index < -0.39 is 17.4 Å². The van der Waals surface area contributed by atoms with Crippen LogP contribution in [0.2, 0.25) is 0 Å². The number of benzene rings is 1. The van der Waals surface area contributed by atoms with Gasteiger partial charge in [-0.25, -0.2) is 18.7 Å². The zero-order valence-electron chi connectivity index (χ0n) is 20.3. The van der Waals surface area contributed by atoms with Gasteiger partial charge in [0.25, 0.3) is 0 Å². The Bertz CT molecular complexity index is 1250. The van der Waals surface area contributed by atoms with E-state index in [-0.39, 0.29) is 28.4 Å². The molecule has 1 aromatic carbocycles. The third kappa shape index (κ3) is 4.17. The summed E-state index contributed by atoms with van der Waals surface area (Å²) in [4.78, 5) is 9.96. The van der Waals surface area contributed by atoms with E-state index >= 15 is 8.78 Å². The maximum Gasteiger partial charge on any atom is 0.216 e. The predicted molar refractivity (Wildman–Crippen MR) is 128 cm³/mol. The summed E-state index contributed by atoms with van der Waals surface area (Å²) in [5.74, 6) is -1.98. The molecule has 2 aliphatic carbocycles. The Morgan fingerprint density at radius 1 is 1.00 bits per heavy atom. The van der Waals surface area contributed by atoms with E-state index in [0.29, 0.717) is 22.7 Å². The molecule has 0 spiro atoms. The van der Waals surface area contributed by atoms with Crippen molar-refractivity contribution in [1.29, 1.82) is 0 Å². The maximum atomic E-state index is 15.1. The number of anilines is 1. The topological polar surface area (TPSA) is 84.3 Å². The van der Waals surface area contributed by atoms with Gasteiger partial charge in [0, 0.05) is 24.7 Å². The Morgan fingerprint density at radius 2 is 1.71 bits per heavy atom. The molecule has 2 aromatic heterocycles. The molecular formula is C26H29F2N5O2. The first-order chi connectivity index (χ1) is 16.6. The summed E-state index contributed by atoms with van der Waals surface area (Å²) in [5.41, 5.74) is 0.280. The third-order valence-electron chi connectivity index (χ3n) is 7.77. The Hall–Kier alpha value is -3.36. The first-order valence-electron chi connectivity index (χ1n) is 11.8. The number of fused-ring (bicyclic) bond motifs is 2. The van der Waals surface area contributed by atoms with Crippen LogP contribution in [-0.4, -0.2) is 45.5 Å². The number of halogens is 2. The van der Waals surface area contributed by atoms with Crippen molar-refractivity contribution in [3.63, 3.8) is 0 Å². The normalized spacial score (nSPS) is 25.5. The van der Waals surface area contributed by atoms with Crippen molar-refractivity contribution in [1.82, 2.24) is 20.2 Å². The Morgan fingerprint density at radius 3 is 2.34 bits per heavy atom. The summed E-state index contributed by atoms with van der Waals surface area (Å²) in [7, 11) is 3.41. The molecule has 184 valence electrons. The van der Waals surface area contributed by atoms with Crippen LogP contribution in [0.15, 0.2) is 30.6 Å². The fourth-order valence-corrected chi connectivity index (χ4v) is 6.12. The van der Waals surface area contributed by atoms with Gasteiger partial charge in [0.2, 0.25) is 5.88 Å². The summed E-state index contributed by atoms with van der Waals surface area (Å²) in [6.07, 6.45) is 7.13. The average Bonchev–Trinajstić information content (AvgIpc) is 3.07. The molecule has 0 amide bonds. The molecule has 1 N–H and O–H groups in total. The highest BCUT2D eigenvalue weighted by Gasteiger charge is 2.50. The van der Waals surface area contributed by atoms with Gasteiger partial charge in [0.15, 0.2) is 17.5 Å². The van der Waals surface area contributed by atoms with E-state index in [0.717, 1.165) is 18.9 Å². The zero-order valence-corrected chi connectivity index (χ0v) is 20.3. The number of nitrogens with zero attached hydrogens (tertiary/aromatic N) is 5. The van der Waals surface area contributed by atoms with Gasteiger partial charge in [0.1, 0.15) is 12.1 Å². The molecular weight excluding hydrogens is 452 g/mol. The molecule has 9 heteroatoms. The highest BCUT2D eigenvalue weighted by atomic mass is 19.2. The predicted octanol–water partition coefficient (Wildman–Crippen LogP) is 5.39. The lowest BCUT2D eigenvalue weighted by Crippen LogP contribution is -2.42. The number of phenolic OH excluding ortho intramolecular Hbond substituents is 1. The molecule has 3 aromatic rings. The Labute approximate surface area is 203 Å². The minimum atomic E-state index is -1.22. The molecule has 0 aliphatic heterocycles. The fourth-order valence-electron chi connectivity index (χ4n) is 6.12. The Kier molecular flexibility index (Phi) is 5.61. The lowest BCUT2D eigenvalue weighted by atomic mass is 9.68. The second-order valence-corrected chi connectivity index (χ2v) is 10.6. The van der Waals surface area contributed by atoms with E-state index in [1.807, 2.05) is 7.05 Å². The highest BCUT2D eigenvalue weighted by molar-refractivity contribution is 5.74. The van der Waals surface area contributed by atoms with Crippen LogP contribution in [0, 0.1) is 22.5 Å². The molecule has 2 bridgehead atoms. The minimum absolute atomic E-state index is 0.0468. The van der Waals surface area contributed by atoms with E-state index in [9.17, 15) is 5.11 Å². The van der Waals surface area contributed by atoms with E-state index in [1.54, 1.807) is 12.1 Å². The number of aromatic hydroxyl groups is 1. The summed E-state index contributed by atoms with van der Waals surface area (Å²) in [5, 5.41) is 19.0. The average molecular weight is 482 g/mol. The van der Waals surface area contributed by atoms with E-state index in [4.69, 9.17) is 4.74 Å². The van der Waals surface area contributed by atoms with Crippen LogP contribution in [0.5, 0.6) is 11.6 Å². The lowest BCUT2D eigenvalue weighted by Gasteiger charge is -2.44. The molecule has 2 fully saturated rings. The zero-order chi connectivity index (χ0) is 25.0. The number of ether oxygens (including phenoxy) is 1. The highest BCUT2D eigenvalue weighted by Crippen LogP contribution is 2.58. The van der Waals surface area contributed by atoms with Gasteiger partial charge < -0.3 is 14.7 Å². The number of phenols is 1. The molecule has 2 aliphatic rings. The molecule has 35 heavy (non-hydrogen) atoms. The van der Waals surface area contributed by atoms with Crippen LogP contribution < -0.4 is 9.64 Å². The smallest absolute Gasteiger partial charge is 0.216 e. The van der Waals surface area contributed by atoms with Crippen molar-refractivity contribution in [2.24, 2.45) is 10.8 Å². The van der Waals surface area contributed by atoms with Crippen molar-refractivity contribution in [2.75, 3.05) is 19.1 Å². The number of rotatable bonds is 5. The largest absolute Gasteiger partial charge is 0.507 e. The van der Waals surface area contributed by atoms with E-state index in [2.05, 4.69) is 38.9 Å². The van der Waals surface area contributed by atoms with Crippen LogP contribution in [0.3, 0.4) is 0 Å². The van der Waals surface area contributed by atoms with Crippen LogP contribution in [-0.2, 0) is 0 Å². The van der Waals surface area contributed by atoms with Gasteiger partial charge in [-0.05, 0) is 61.1 Å². The van der Waals surface area contributed by atoms with Crippen LogP contribution >= 0.6 is 0 Å². The van der Waals surface area contributed by atoms with Crippen LogP contribution in [0.25, 0.3) is 22.5 Å². The summed E-state index contributed by atoms with van der Waals surface area (Å²) >= 11 is 0. The number of aromatic nitrogens is 4. The van der Waals surface area contributed by atoms with Crippen molar-refractivity contribution < 1.29 is 18.6 Å². The molecule has 0 radical (unpaired) electrons. The molecule has 0 unspecified atom stereocenters. The van der Waals surface area contributed by atoms with E-state index in [1.165, 1.54) is 38.8 Å². The van der Waals surface area contributed by atoms with Crippen LogP contribution in [0.1, 0.15) is 46.0 Å². The maximum absolute atomic E-state index is 15.1. The summed E-state index contributed by atoms with van der Waals surface area (Å²) in [6.45, 7) is 4.74. The monoisotopic (exact) mass is 481 g/mol. The first kappa shape index (κ1) is 23.4. The second-order valence-electron chi connectivity index (χ2n) is 10.6. The second kappa shape index (κ2) is 8.39. The molecule has 0 saturated heterocycles. The third-order valence-corrected chi connectivity index (χ3v) is 7.77.